The monoisotopic (exact) mass is 257 g/mol. The zero-order valence-corrected chi connectivity index (χ0v) is 11.7. The summed E-state index contributed by atoms with van der Waals surface area (Å²) in [5.74, 6) is 3.60. The molecule has 0 unspecified atom stereocenters. The van der Waals surface area contributed by atoms with Gasteiger partial charge in [0.05, 0.1) is 12.2 Å². The fourth-order valence-electron chi connectivity index (χ4n) is 2.14. The molecule has 2 rings (SSSR count). The second kappa shape index (κ2) is 7.16. The Morgan fingerprint density at radius 1 is 1.53 bits per heavy atom. The molecule has 0 aromatic carbocycles. The van der Waals surface area contributed by atoms with E-state index in [2.05, 4.69) is 40.2 Å². The molecular formula is C16H23N3. The number of pyridine rings is 1. The van der Waals surface area contributed by atoms with Crippen molar-refractivity contribution in [3.8, 4) is 12.3 Å². The standard InChI is InChI=1S/C16H23N3/c1-3-8-17-12-15-11-16(7-9-18-15)19(10-4-2)13-14-5-6-14/h2,7,9,11,14,17H,3,5-6,8,10,12-13H2,1H3. The highest BCUT2D eigenvalue weighted by molar-refractivity contribution is 5.48. The Morgan fingerprint density at radius 2 is 2.37 bits per heavy atom. The number of hydrogen-bond acceptors (Lipinski definition) is 3. The second-order valence-corrected chi connectivity index (χ2v) is 5.21. The first-order valence-corrected chi connectivity index (χ1v) is 7.17. The number of nitrogens with zero attached hydrogens (tertiary/aromatic N) is 2. The van der Waals surface area contributed by atoms with E-state index in [1.807, 2.05) is 6.20 Å². The molecule has 0 bridgehead atoms. The van der Waals surface area contributed by atoms with Crippen molar-refractivity contribution in [3.63, 3.8) is 0 Å². The van der Waals surface area contributed by atoms with Gasteiger partial charge in [-0.2, -0.15) is 0 Å². The maximum absolute atomic E-state index is 5.48. The van der Waals surface area contributed by atoms with Crippen LogP contribution in [0, 0.1) is 18.3 Å². The van der Waals surface area contributed by atoms with E-state index in [9.17, 15) is 0 Å². The molecule has 0 aliphatic heterocycles. The van der Waals surface area contributed by atoms with Gasteiger partial charge in [-0.15, -0.1) is 6.42 Å². The van der Waals surface area contributed by atoms with Crippen LogP contribution in [0.4, 0.5) is 5.69 Å². The minimum absolute atomic E-state index is 0.683. The Kier molecular flexibility index (Phi) is 5.23. The van der Waals surface area contributed by atoms with E-state index in [0.717, 1.165) is 37.7 Å². The van der Waals surface area contributed by atoms with Gasteiger partial charge in [-0.3, -0.25) is 4.98 Å². The maximum atomic E-state index is 5.48. The lowest BCUT2D eigenvalue weighted by atomic mass is 10.2. The van der Waals surface area contributed by atoms with E-state index in [4.69, 9.17) is 6.42 Å². The van der Waals surface area contributed by atoms with Crippen LogP contribution in [0.2, 0.25) is 0 Å². The minimum Gasteiger partial charge on any atom is -0.360 e. The summed E-state index contributed by atoms with van der Waals surface area (Å²) in [6.07, 6.45) is 11.2. The summed E-state index contributed by atoms with van der Waals surface area (Å²) in [6.45, 7) is 5.79. The number of aromatic nitrogens is 1. The van der Waals surface area contributed by atoms with E-state index in [-0.39, 0.29) is 0 Å². The van der Waals surface area contributed by atoms with Crippen LogP contribution in [0.15, 0.2) is 18.3 Å². The largest absolute Gasteiger partial charge is 0.360 e. The number of hydrogen-bond donors (Lipinski definition) is 1. The number of terminal acetylenes is 1. The van der Waals surface area contributed by atoms with Gasteiger partial charge in [0.2, 0.25) is 0 Å². The molecule has 1 fully saturated rings. The fourth-order valence-corrected chi connectivity index (χ4v) is 2.14. The molecule has 102 valence electrons. The molecule has 1 heterocycles. The number of anilines is 1. The predicted octanol–water partition coefficient (Wildman–Crippen LogP) is 2.43. The SMILES string of the molecule is C#CCN(CC1CC1)c1ccnc(CNCCC)c1. The van der Waals surface area contributed by atoms with Gasteiger partial charge in [0.25, 0.3) is 0 Å². The third-order valence-electron chi connectivity index (χ3n) is 3.36. The maximum Gasteiger partial charge on any atom is 0.0791 e. The molecule has 1 aromatic rings. The quantitative estimate of drug-likeness (QED) is 0.572. The van der Waals surface area contributed by atoms with E-state index in [1.54, 1.807) is 0 Å². The van der Waals surface area contributed by atoms with Gasteiger partial charge in [-0.25, -0.2) is 0 Å². The third-order valence-corrected chi connectivity index (χ3v) is 3.36. The van der Waals surface area contributed by atoms with Gasteiger partial charge < -0.3 is 10.2 Å². The van der Waals surface area contributed by atoms with Crippen molar-refractivity contribution < 1.29 is 0 Å². The lowest BCUT2D eigenvalue weighted by Crippen LogP contribution is -2.26. The smallest absolute Gasteiger partial charge is 0.0791 e. The van der Waals surface area contributed by atoms with Crippen LogP contribution in [0.25, 0.3) is 0 Å². The second-order valence-electron chi connectivity index (χ2n) is 5.21. The molecule has 0 amide bonds. The fraction of sp³-hybridized carbons (Fsp3) is 0.562. The summed E-state index contributed by atoms with van der Waals surface area (Å²) in [4.78, 5) is 6.70. The van der Waals surface area contributed by atoms with Gasteiger partial charge >= 0.3 is 0 Å². The van der Waals surface area contributed by atoms with Gasteiger partial charge in [0.15, 0.2) is 0 Å². The van der Waals surface area contributed by atoms with Crippen molar-refractivity contribution in [2.75, 3.05) is 24.5 Å². The summed E-state index contributed by atoms with van der Waals surface area (Å²) < 4.78 is 0. The first-order chi connectivity index (χ1) is 9.33. The Hall–Kier alpha value is -1.53. The van der Waals surface area contributed by atoms with E-state index in [1.165, 1.54) is 18.5 Å². The molecule has 1 N–H and O–H groups in total. The average molecular weight is 257 g/mol. The molecule has 0 spiro atoms. The first-order valence-electron chi connectivity index (χ1n) is 7.17. The molecule has 0 radical (unpaired) electrons. The van der Waals surface area contributed by atoms with Gasteiger partial charge in [-0.1, -0.05) is 12.8 Å². The number of rotatable bonds is 8. The minimum atomic E-state index is 0.683. The van der Waals surface area contributed by atoms with E-state index in [0.29, 0.717) is 6.54 Å². The topological polar surface area (TPSA) is 28.2 Å². The Balaban J connectivity index is 1.99. The third kappa shape index (κ3) is 4.57. The first kappa shape index (κ1) is 13.9. The summed E-state index contributed by atoms with van der Waals surface area (Å²) in [5.41, 5.74) is 2.29. The van der Waals surface area contributed by atoms with Gasteiger partial charge in [-0.05, 0) is 43.9 Å². The zero-order chi connectivity index (χ0) is 13.5. The van der Waals surface area contributed by atoms with E-state index < -0.39 is 0 Å². The Bertz CT molecular complexity index is 432. The van der Waals surface area contributed by atoms with Crippen molar-refractivity contribution in [1.29, 1.82) is 0 Å². The Morgan fingerprint density at radius 3 is 3.05 bits per heavy atom. The molecule has 1 aliphatic carbocycles. The molecule has 0 saturated heterocycles. The molecule has 1 aliphatic rings. The van der Waals surface area contributed by atoms with Crippen molar-refractivity contribution in [2.24, 2.45) is 5.92 Å². The van der Waals surface area contributed by atoms with Crippen molar-refractivity contribution in [2.45, 2.75) is 32.7 Å². The Labute approximate surface area is 116 Å². The van der Waals surface area contributed by atoms with Crippen LogP contribution in [0.1, 0.15) is 31.9 Å². The molecule has 19 heavy (non-hydrogen) atoms. The molecule has 0 atom stereocenters. The van der Waals surface area contributed by atoms with Gasteiger partial charge in [0, 0.05) is 25.0 Å². The lowest BCUT2D eigenvalue weighted by molar-refractivity contribution is 0.663. The highest BCUT2D eigenvalue weighted by Gasteiger charge is 2.24. The van der Waals surface area contributed by atoms with Crippen molar-refractivity contribution >= 4 is 5.69 Å². The van der Waals surface area contributed by atoms with Crippen LogP contribution in [-0.4, -0.2) is 24.6 Å². The summed E-state index contributed by atoms with van der Waals surface area (Å²) in [7, 11) is 0. The van der Waals surface area contributed by atoms with Crippen LogP contribution in [0.5, 0.6) is 0 Å². The van der Waals surface area contributed by atoms with Crippen LogP contribution in [-0.2, 0) is 6.54 Å². The van der Waals surface area contributed by atoms with E-state index >= 15 is 0 Å². The van der Waals surface area contributed by atoms with Crippen molar-refractivity contribution in [3.05, 3.63) is 24.0 Å². The van der Waals surface area contributed by atoms with Crippen molar-refractivity contribution in [1.82, 2.24) is 10.3 Å². The highest BCUT2D eigenvalue weighted by Crippen LogP contribution is 2.31. The normalized spacial score (nSPS) is 14.1. The summed E-state index contributed by atoms with van der Waals surface area (Å²) in [5, 5.41) is 3.38. The van der Waals surface area contributed by atoms with Crippen LogP contribution in [0.3, 0.4) is 0 Å². The molecule has 3 heteroatoms. The lowest BCUT2D eigenvalue weighted by Gasteiger charge is -2.22. The molecule has 1 aromatic heterocycles. The molecule has 3 nitrogen and oxygen atoms in total. The van der Waals surface area contributed by atoms with Crippen LogP contribution < -0.4 is 10.2 Å². The van der Waals surface area contributed by atoms with Crippen LogP contribution >= 0.6 is 0 Å². The van der Waals surface area contributed by atoms with Gasteiger partial charge in [0.1, 0.15) is 0 Å². The average Bonchev–Trinajstić information content (AvgIpc) is 3.23. The molecular weight excluding hydrogens is 234 g/mol. The highest BCUT2D eigenvalue weighted by atomic mass is 15.1. The summed E-state index contributed by atoms with van der Waals surface area (Å²) >= 11 is 0. The summed E-state index contributed by atoms with van der Waals surface area (Å²) in [6, 6.07) is 4.21. The number of nitrogens with one attached hydrogen (secondary N) is 1. The predicted molar refractivity (Wildman–Crippen MR) is 80.0 cm³/mol. The zero-order valence-electron chi connectivity index (χ0n) is 11.7. The molecule has 1 saturated carbocycles.